The molecule has 0 aliphatic heterocycles. The molecule has 0 aromatic heterocycles. The number of rotatable bonds is 2. The summed E-state index contributed by atoms with van der Waals surface area (Å²) in [5, 5.41) is 0. The van der Waals surface area contributed by atoms with Crippen molar-refractivity contribution in [3.05, 3.63) is 0 Å². The fraction of sp³-hybridized carbons (Fsp3) is 0. The van der Waals surface area contributed by atoms with Crippen LogP contribution in [0.1, 0.15) is 0 Å². The summed E-state index contributed by atoms with van der Waals surface area (Å²) in [5.74, 6) is 0. The van der Waals surface area contributed by atoms with Gasteiger partial charge in [0.15, 0.2) is 0 Å². The molecule has 0 atom stereocenters. The fourth-order valence-corrected chi connectivity index (χ4v) is 0.342. The van der Waals surface area contributed by atoms with Crippen molar-refractivity contribution in [2.45, 2.75) is 0 Å². The number of nitrogens with zero attached hydrogens (tertiary/aromatic N) is 2. The molecular formula is C2GeN2O2. The van der Waals surface area contributed by atoms with E-state index in [0.717, 1.165) is 0 Å². The zero-order chi connectivity index (χ0) is 5.54. The van der Waals surface area contributed by atoms with Crippen molar-refractivity contribution in [2.75, 3.05) is 0 Å². The summed E-state index contributed by atoms with van der Waals surface area (Å²) in [6.45, 7) is 0. The molecule has 0 spiro atoms. The predicted octanol–water partition coefficient (Wildman–Crippen LogP) is -0.808. The van der Waals surface area contributed by atoms with Crippen LogP contribution in [0.3, 0.4) is 0 Å². The fourth-order valence-electron chi connectivity index (χ4n) is 0.0658. The van der Waals surface area contributed by atoms with Gasteiger partial charge in [-0.2, -0.15) is 0 Å². The van der Waals surface area contributed by atoms with E-state index in [9.17, 15) is 9.59 Å². The Hall–Kier alpha value is -0.697. The number of carbonyl (C=O) groups excluding carboxylic acids is 2. The van der Waals surface area contributed by atoms with Gasteiger partial charge < -0.3 is 0 Å². The molecule has 2 radical (unpaired) electrons. The summed E-state index contributed by atoms with van der Waals surface area (Å²) in [7, 11) is 0. The zero-order valence-corrected chi connectivity index (χ0v) is 5.31. The Balaban J connectivity index is 3.33. The molecule has 0 bridgehead atoms. The third-order valence-corrected chi connectivity index (χ3v) is 0.994. The van der Waals surface area contributed by atoms with Crippen LogP contribution in [-0.2, 0) is 9.59 Å². The summed E-state index contributed by atoms with van der Waals surface area (Å²) < 4.78 is 6.10. The molecule has 0 heterocycles. The summed E-state index contributed by atoms with van der Waals surface area (Å²) in [6.07, 6.45) is 2.52. The van der Waals surface area contributed by atoms with E-state index in [1.165, 1.54) is 12.2 Å². The SMILES string of the molecule is O=C=[N][Ge][N]=C=O. The van der Waals surface area contributed by atoms with Crippen molar-refractivity contribution in [2.24, 2.45) is 7.90 Å². The van der Waals surface area contributed by atoms with E-state index >= 15 is 0 Å². The minimum atomic E-state index is -1.08. The Morgan fingerprint density at radius 1 is 1.14 bits per heavy atom. The van der Waals surface area contributed by atoms with Crippen molar-refractivity contribution < 1.29 is 9.59 Å². The van der Waals surface area contributed by atoms with Crippen molar-refractivity contribution in [1.29, 1.82) is 0 Å². The van der Waals surface area contributed by atoms with Gasteiger partial charge in [0, 0.05) is 0 Å². The Bertz CT molecular complexity index is 117. The first-order chi connectivity index (χ1) is 3.41. The van der Waals surface area contributed by atoms with Crippen LogP contribution < -0.4 is 0 Å². The third-order valence-electron chi connectivity index (χ3n) is 0.191. The van der Waals surface area contributed by atoms with Crippen molar-refractivity contribution in [1.82, 2.24) is 0 Å². The second kappa shape index (κ2) is 5.30. The molecule has 0 aliphatic rings. The van der Waals surface area contributed by atoms with Gasteiger partial charge in [-0.25, -0.2) is 0 Å². The van der Waals surface area contributed by atoms with Gasteiger partial charge in [0.25, 0.3) is 0 Å². The third kappa shape index (κ3) is 5.30. The summed E-state index contributed by atoms with van der Waals surface area (Å²) in [4.78, 5) is 18.5. The van der Waals surface area contributed by atoms with Crippen LogP contribution in [0.4, 0.5) is 0 Å². The molecular weight excluding hydrogens is 157 g/mol. The van der Waals surface area contributed by atoms with Gasteiger partial charge in [0.1, 0.15) is 0 Å². The molecule has 7 heavy (non-hydrogen) atoms. The van der Waals surface area contributed by atoms with Crippen LogP contribution in [-0.4, -0.2) is 28.0 Å². The van der Waals surface area contributed by atoms with Gasteiger partial charge >= 0.3 is 45.5 Å². The number of isocyanates is 2. The van der Waals surface area contributed by atoms with E-state index in [2.05, 4.69) is 7.90 Å². The van der Waals surface area contributed by atoms with E-state index in [1.54, 1.807) is 0 Å². The van der Waals surface area contributed by atoms with Gasteiger partial charge in [0.05, 0.1) is 0 Å². The average molecular weight is 157 g/mol. The minimum absolute atomic E-state index is 1.08. The molecule has 0 saturated carbocycles. The van der Waals surface area contributed by atoms with Gasteiger partial charge in [-0.3, -0.25) is 0 Å². The Morgan fingerprint density at radius 3 is 1.86 bits per heavy atom. The molecule has 0 N–H and O–H groups in total. The van der Waals surface area contributed by atoms with E-state index in [1.807, 2.05) is 0 Å². The van der Waals surface area contributed by atoms with Crippen LogP contribution >= 0.6 is 0 Å². The van der Waals surface area contributed by atoms with Crippen LogP contribution in [0.5, 0.6) is 0 Å². The van der Waals surface area contributed by atoms with E-state index < -0.39 is 15.9 Å². The van der Waals surface area contributed by atoms with Gasteiger partial charge in [0.2, 0.25) is 0 Å². The molecule has 0 unspecified atom stereocenters. The number of hydrogen-bond donors (Lipinski definition) is 0. The predicted molar refractivity (Wildman–Crippen MR) is 22.0 cm³/mol. The standard InChI is InChI=1S/C2GeN2O2/c6-1-4-3-5-2-7. The molecule has 4 nitrogen and oxygen atoms in total. The molecule has 0 amide bonds. The van der Waals surface area contributed by atoms with Gasteiger partial charge in [-0.1, -0.05) is 0 Å². The van der Waals surface area contributed by atoms with Gasteiger partial charge in [-0.05, 0) is 0 Å². The Labute approximate surface area is 46.3 Å². The van der Waals surface area contributed by atoms with E-state index in [-0.39, 0.29) is 0 Å². The molecule has 0 aromatic rings. The molecule has 34 valence electrons. The average Bonchev–Trinajstić information content (AvgIpc) is 1.69. The summed E-state index contributed by atoms with van der Waals surface area (Å²) >= 11 is -1.08. The molecule has 0 aliphatic carbocycles. The van der Waals surface area contributed by atoms with Crippen LogP contribution in [0.25, 0.3) is 0 Å². The van der Waals surface area contributed by atoms with E-state index in [4.69, 9.17) is 0 Å². The van der Waals surface area contributed by atoms with Crippen LogP contribution in [0.2, 0.25) is 0 Å². The van der Waals surface area contributed by atoms with Crippen LogP contribution in [0, 0.1) is 0 Å². The molecule has 0 aromatic carbocycles. The first-order valence-electron chi connectivity index (χ1n) is 1.30. The van der Waals surface area contributed by atoms with Crippen LogP contribution in [0.15, 0.2) is 7.90 Å². The Kier molecular flexibility index (Phi) is 4.77. The summed E-state index contributed by atoms with van der Waals surface area (Å²) in [6, 6.07) is 0. The summed E-state index contributed by atoms with van der Waals surface area (Å²) in [5.41, 5.74) is 0. The second-order valence-electron chi connectivity index (χ2n) is 0.506. The van der Waals surface area contributed by atoms with Crippen molar-refractivity contribution in [3.63, 3.8) is 0 Å². The van der Waals surface area contributed by atoms with Gasteiger partial charge in [-0.15, -0.1) is 0 Å². The topological polar surface area (TPSA) is 58.9 Å². The van der Waals surface area contributed by atoms with Crippen molar-refractivity contribution >= 4 is 28.0 Å². The molecule has 0 fully saturated rings. The molecule has 0 saturated heterocycles. The van der Waals surface area contributed by atoms with Crippen molar-refractivity contribution in [3.8, 4) is 0 Å². The zero-order valence-electron chi connectivity index (χ0n) is 3.21. The quantitative estimate of drug-likeness (QED) is 0.298. The number of hydrogen-bond acceptors (Lipinski definition) is 4. The maximum atomic E-state index is 9.23. The molecule has 5 heteroatoms. The van der Waals surface area contributed by atoms with E-state index in [0.29, 0.717) is 0 Å². The maximum absolute atomic E-state index is 9.23. The Morgan fingerprint density at radius 2 is 1.57 bits per heavy atom. The second-order valence-corrected chi connectivity index (χ2v) is 1.86. The first-order valence-corrected chi connectivity index (χ1v) is 3.18. The molecule has 0 rings (SSSR count). The first kappa shape index (κ1) is 6.30. The normalized spacial score (nSPS) is 5.71. The monoisotopic (exact) mass is 158 g/mol.